The van der Waals surface area contributed by atoms with E-state index in [1.807, 2.05) is 12.1 Å². The summed E-state index contributed by atoms with van der Waals surface area (Å²) in [5.74, 6) is 0. The third-order valence-electron chi connectivity index (χ3n) is 4.77. The number of rotatable bonds is 5. The Morgan fingerprint density at radius 1 is 1.20 bits per heavy atom. The summed E-state index contributed by atoms with van der Waals surface area (Å²) in [6, 6.07) is 8.59. The van der Waals surface area contributed by atoms with Crippen LogP contribution in [0.1, 0.15) is 50.6 Å². The predicted octanol–water partition coefficient (Wildman–Crippen LogP) is 4.26. The number of benzene rings is 1. The van der Waals surface area contributed by atoms with E-state index in [9.17, 15) is 0 Å². The zero-order chi connectivity index (χ0) is 14.6. The summed E-state index contributed by atoms with van der Waals surface area (Å²) in [6.45, 7) is 3.14. The highest BCUT2D eigenvalue weighted by Crippen LogP contribution is 2.43. The first kappa shape index (κ1) is 15.8. The summed E-state index contributed by atoms with van der Waals surface area (Å²) in [5, 5.41) is 4.59. The van der Waals surface area contributed by atoms with Gasteiger partial charge in [0.05, 0.1) is 6.04 Å². The highest BCUT2D eigenvalue weighted by Gasteiger charge is 2.42. The fourth-order valence-corrected chi connectivity index (χ4v) is 3.91. The average Bonchev–Trinajstić information content (AvgIpc) is 2.46. The Bertz CT molecular complexity index is 425. The van der Waals surface area contributed by atoms with Gasteiger partial charge < -0.3 is 10.2 Å². The molecule has 1 fully saturated rings. The van der Waals surface area contributed by atoms with Crippen molar-refractivity contribution in [2.45, 2.75) is 50.6 Å². The number of likely N-dealkylation sites (N-methyl/N-ethyl adjacent to an activating group) is 2. The lowest BCUT2D eigenvalue weighted by Gasteiger charge is -2.49. The van der Waals surface area contributed by atoms with E-state index in [-0.39, 0.29) is 5.54 Å². The third kappa shape index (κ3) is 3.03. The molecule has 20 heavy (non-hydrogen) atoms. The molecule has 1 atom stereocenters. The second-order valence-corrected chi connectivity index (χ2v) is 6.48. The van der Waals surface area contributed by atoms with Crippen LogP contribution in [0.15, 0.2) is 24.3 Å². The first-order chi connectivity index (χ1) is 9.62. The normalized spacial score (nSPS) is 20.1. The molecular formula is C17H27ClN2. The third-order valence-corrected chi connectivity index (χ3v) is 5.12. The predicted molar refractivity (Wildman–Crippen MR) is 87.4 cm³/mol. The Labute approximate surface area is 128 Å². The summed E-state index contributed by atoms with van der Waals surface area (Å²) >= 11 is 6.48. The number of hydrogen-bond acceptors (Lipinski definition) is 2. The number of halogens is 1. The topological polar surface area (TPSA) is 15.3 Å². The summed E-state index contributed by atoms with van der Waals surface area (Å²) in [5.41, 5.74) is 1.42. The average molecular weight is 295 g/mol. The minimum atomic E-state index is 0.180. The van der Waals surface area contributed by atoms with Crippen LogP contribution in [0.4, 0.5) is 0 Å². The van der Waals surface area contributed by atoms with E-state index in [1.54, 1.807) is 0 Å². The van der Waals surface area contributed by atoms with Crippen molar-refractivity contribution < 1.29 is 0 Å². The maximum atomic E-state index is 6.48. The van der Waals surface area contributed by atoms with E-state index in [0.29, 0.717) is 6.04 Å². The summed E-state index contributed by atoms with van der Waals surface area (Å²) in [7, 11) is 4.43. The van der Waals surface area contributed by atoms with Crippen molar-refractivity contribution in [3.05, 3.63) is 34.9 Å². The van der Waals surface area contributed by atoms with Crippen molar-refractivity contribution in [2.75, 3.05) is 20.6 Å². The Kier molecular flexibility index (Phi) is 5.48. The molecule has 1 aromatic rings. The van der Waals surface area contributed by atoms with Gasteiger partial charge in [0.2, 0.25) is 0 Å². The molecule has 0 amide bonds. The van der Waals surface area contributed by atoms with Gasteiger partial charge in [-0.25, -0.2) is 0 Å². The molecule has 0 radical (unpaired) electrons. The summed E-state index contributed by atoms with van der Waals surface area (Å²) in [6.07, 6.45) is 6.46. The van der Waals surface area contributed by atoms with Gasteiger partial charge in [-0.3, -0.25) is 0 Å². The van der Waals surface area contributed by atoms with Gasteiger partial charge in [0.25, 0.3) is 0 Å². The van der Waals surface area contributed by atoms with Crippen LogP contribution in [0, 0.1) is 0 Å². The fraction of sp³-hybridized carbons (Fsp3) is 0.647. The van der Waals surface area contributed by atoms with E-state index in [4.69, 9.17) is 11.6 Å². The molecular weight excluding hydrogens is 268 g/mol. The van der Waals surface area contributed by atoms with Crippen LogP contribution < -0.4 is 5.32 Å². The zero-order valence-corrected chi connectivity index (χ0v) is 13.7. The molecule has 1 aromatic carbocycles. The molecule has 0 bridgehead atoms. The van der Waals surface area contributed by atoms with Crippen LogP contribution >= 0.6 is 11.6 Å². The molecule has 0 spiro atoms. The van der Waals surface area contributed by atoms with Crippen LogP contribution in [0.2, 0.25) is 5.02 Å². The Morgan fingerprint density at radius 2 is 1.85 bits per heavy atom. The molecule has 0 aliphatic heterocycles. The number of hydrogen-bond donors (Lipinski definition) is 1. The van der Waals surface area contributed by atoms with Gasteiger partial charge in [0.15, 0.2) is 0 Å². The lowest BCUT2D eigenvalue weighted by Crippen LogP contribution is -2.55. The molecule has 0 heterocycles. The molecule has 2 nitrogen and oxygen atoms in total. The first-order valence-electron chi connectivity index (χ1n) is 7.77. The minimum absolute atomic E-state index is 0.180. The van der Waals surface area contributed by atoms with Gasteiger partial charge in [-0.1, -0.05) is 56.0 Å². The van der Waals surface area contributed by atoms with Crippen molar-refractivity contribution in [2.24, 2.45) is 0 Å². The van der Waals surface area contributed by atoms with Crippen LogP contribution in [-0.2, 0) is 0 Å². The maximum Gasteiger partial charge on any atom is 0.0521 e. The molecule has 1 unspecified atom stereocenters. The Hall–Kier alpha value is -0.570. The van der Waals surface area contributed by atoms with Crippen LogP contribution in [0.3, 0.4) is 0 Å². The van der Waals surface area contributed by atoms with Crippen LogP contribution in [0.25, 0.3) is 0 Å². The Morgan fingerprint density at radius 3 is 2.40 bits per heavy atom. The minimum Gasteiger partial charge on any atom is -0.309 e. The Balaban J connectivity index is 2.42. The fourth-order valence-electron chi connectivity index (χ4n) is 3.66. The van der Waals surface area contributed by atoms with E-state index >= 15 is 0 Å². The zero-order valence-electron chi connectivity index (χ0n) is 13.0. The van der Waals surface area contributed by atoms with Gasteiger partial charge in [-0.2, -0.15) is 0 Å². The largest absolute Gasteiger partial charge is 0.309 e. The highest BCUT2D eigenvalue weighted by atomic mass is 35.5. The molecule has 0 aromatic heterocycles. The maximum absolute atomic E-state index is 6.48. The lowest BCUT2D eigenvalue weighted by molar-refractivity contribution is 0.0571. The van der Waals surface area contributed by atoms with E-state index in [1.165, 1.54) is 37.7 Å². The van der Waals surface area contributed by atoms with E-state index in [0.717, 1.165) is 11.6 Å². The van der Waals surface area contributed by atoms with Gasteiger partial charge in [-0.05, 0) is 45.1 Å². The lowest BCUT2D eigenvalue weighted by atomic mass is 9.73. The van der Waals surface area contributed by atoms with Crippen molar-refractivity contribution in [1.29, 1.82) is 0 Å². The number of nitrogens with one attached hydrogen (secondary N) is 1. The van der Waals surface area contributed by atoms with Crippen LogP contribution in [0.5, 0.6) is 0 Å². The standard InChI is InChI=1S/C17H27ClN2/c1-4-19-16(14-10-6-7-11-15(14)18)17(20(2)3)12-8-5-9-13-17/h6-7,10-11,16,19H,4-5,8-9,12-13H2,1-3H3. The van der Waals surface area contributed by atoms with E-state index < -0.39 is 0 Å². The van der Waals surface area contributed by atoms with Crippen molar-refractivity contribution in [3.8, 4) is 0 Å². The van der Waals surface area contributed by atoms with Crippen LogP contribution in [-0.4, -0.2) is 31.1 Å². The quantitative estimate of drug-likeness (QED) is 0.873. The van der Waals surface area contributed by atoms with Gasteiger partial charge in [0, 0.05) is 10.6 Å². The van der Waals surface area contributed by atoms with Crippen molar-refractivity contribution in [3.63, 3.8) is 0 Å². The molecule has 1 aliphatic rings. The second-order valence-electron chi connectivity index (χ2n) is 6.07. The number of nitrogens with zero attached hydrogens (tertiary/aromatic N) is 1. The summed E-state index contributed by atoms with van der Waals surface area (Å²) < 4.78 is 0. The second kappa shape index (κ2) is 6.93. The molecule has 112 valence electrons. The van der Waals surface area contributed by atoms with Crippen molar-refractivity contribution in [1.82, 2.24) is 10.2 Å². The van der Waals surface area contributed by atoms with Crippen molar-refractivity contribution >= 4 is 11.6 Å². The monoisotopic (exact) mass is 294 g/mol. The summed E-state index contributed by atoms with van der Waals surface area (Å²) in [4.78, 5) is 2.42. The van der Waals surface area contributed by atoms with E-state index in [2.05, 4.69) is 43.4 Å². The molecule has 3 heteroatoms. The SMILES string of the molecule is CCNC(c1ccccc1Cl)C1(N(C)C)CCCCC1. The highest BCUT2D eigenvalue weighted by molar-refractivity contribution is 6.31. The van der Waals surface area contributed by atoms with Gasteiger partial charge in [-0.15, -0.1) is 0 Å². The van der Waals surface area contributed by atoms with Gasteiger partial charge in [0.1, 0.15) is 0 Å². The molecule has 1 aliphatic carbocycles. The molecule has 2 rings (SSSR count). The first-order valence-corrected chi connectivity index (χ1v) is 8.15. The molecule has 1 N–H and O–H groups in total. The smallest absolute Gasteiger partial charge is 0.0521 e. The molecule has 0 saturated heterocycles. The molecule has 1 saturated carbocycles. The van der Waals surface area contributed by atoms with Gasteiger partial charge >= 0.3 is 0 Å².